The van der Waals surface area contributed by atoms with Gasteiger partial charge in [0.05, 0.1) is 31.6 Å². The van der Waals surface area contributed by atoms with Gasteiger partial charge in [0.25, 0.3) is 0 Å². The van der Waals surface area contributed by atoms with Crippen LogP contribution in [0.4, 0.5) is 0 Å². The Morgan fingerprint density at radius 2 is 1.71 bits per heavy atom. The maximum Gasteiger partial charge on any atom is 0.325 e. The summed E-state index contributed by atoms with van der Waals surface area (Å²) in [5.41, 5.74) is 0. The highest BCUT2D eigenvalue weighted by Crippen LogP contribution is 1.99. The molecule has 0 aliphatic heterocycles. The van der Waals surface area contributed by atoms with Crippen LogP contribution in [0.3, 0.4) is 0 Å². The van der Waals surface area contributed by atoms with Crippen LogP contribution in [-0.2, 0) is 23.7 Å². The third-order valence-corrected chi connectivity index (χ3v) is 3.55. The average Bonchev–Trinajstić information content (AvgIpc) is 2.84. The smallest absolute Gasteiger partial charge is 0.325 e. The van der Waals surface area contributed by atoms with Gasteiger partial charge in [-0.15, -0.1) is 0 Å². The van der Waals surface area contributed by atoms with E-state index in [1.165, 1.54) is 18.4 Å². The van der Waals surface area contributed by atoms with Gasteiger partial charge >= 0.3 is 5.97 Å². The van der Waals surface area contributed by atoms with Gasteiger partial charge in [0.1, 0.15) is 32.1 Å². The molecule has 9 nitrogen and oxygen atoms in total. The summed E-state index contributed by atoms with van der Waals surface area (Å²) >= 11 is 0. The van der Waals surface area contributed by atoms with E-state index < -0.39 is 5.97 Å². The van der Waals surface area contributed by atoms with Crippen molar-refractivity contribution >= 4 is 5.97 Å². The minimum Gasteiger partial charge on any atom is -0.498 e. The van der Waals surface area contributed by atoms with E-state index in [-0.39, 0.29) is 19.8 Å². The fraction of sp³-hybridized carbons (Fsp3) is 0.320. The predicted molar refractivity (Wildman–Crippen MR) is 130 cm³/mol. The highest BCUT2D eigenvalue weighted by atomic mass is 16.6. The number of hydrogen-bond acceptors (Lipinski definition) is 9. The number of nitrogens with zero attached hydrogens (tertiary/aromatic N) is 3. The predicted octanol–water partition coefficient (Wildman–Crippen LogP) is 2.87. The lowest BCUT2D eigenvalue weighted by Crippen LogP contribution is -2.21. The third-order valence-electron chi connectivity index (χ3n) is 3.55. The first-order valence-electron chi connectivity index (χ1n) is 10.5. The molecule has 0 fully saturated rings. The number of likely N-dealkylation sites (N-methyl/N-ethyl adjacent to an activating group) is 1. The van der Waals surface area contributed by atoms with Gasteiger partial charge in [-0.05, 0) is 42.8 Å². The maximum absolute atomic E-state index is 11.5. The minimum atomic E-state index is -0.415. The van der Waals surface area contributed by atoms with Crippen LogP contribution in [0.15, 0.2) is 85.7 Å². The van der Waals surface area contributed by atoms with Gasteiger partial charge in [-0.3, -0.25) is 4.79 Å². The van der Waals surface area contributed by atoms with Gasteiger partial charge in [0.2, 0.25) is 0 Å². The van der Waals surface area contributed by atoms with Gasteiger partial charge < -0.3 is 29.2 Å². The molecule has 0 aromatic carbocycles. The molecule has 0 heterocycles. The van der Waals surface area contributed by atoms with Crippen molar-refractivity contribution < 1.29 is 23.7 Å². The summed E-state index contributed by atoms with van der Waals surface area (Å²) in [5, 5.41) is 19.5. The molecule has 0 unspecified atom stereocenters. The SMILES string of the molecule is C=C/C(=C\C=C\OCCOC(=O)CN/C=C/C=C/C#N)OCCOCCN(C)/C=C/C=C/C#N. The fourth-order valence-electron chi connectivity index (χ4n) is 1.95. The summed E-state index contributed by atoms with van der Waals surface area (Å²) in [5.74, 6) is 0.157. The van der Waals surface area contributed by atoms with Crippen LogP contribution in [0.1, 0.15) is 0 Å². The Labute approximate surface area is 201 Å². The molecule has 34 heavy (non-hydrogen) atoms. The Kier molecular flexibility index (Phi) is 20.5. The maximum atomic E-state index is 11.5. The number of rotatable bonds is 19. The Morgan fingerprint density at radius 1 is 0.971 bits per heavy atom. The lowest BCUT2D eigenvalue weighted by molar-refractivity contribution is -0.143. The molecular weight excluding hydrogens is 436 g/mol. The Morgan fingerprint density at radius 3 is 2.44 bits per heavy atom. The Bertz CT molecular complexity index is 829. The molecule has 0 saturated carbocycles. The van der Waals surface area contributed by atoms with Crippen molar-refractivity contribution in [2.75, 3.05) is 53.2 Å². The van der Waals surface area contributed by atoms with Crippen molar-refractivity contribution in [3.05, 3.63) is 85.7 Å². The summed E-state index contributed by atoms with van der Waals surface area (Å²) < 4.78 is 21.3. The van der Waals surface area contributed by atoms with Crippen LogP contribution in [0.5, 0.6) is 0 Å². The molecule has 9 heteroatoms. The number of hydrogen-bond donors (Lipinski definition) is 1. The van der Waals surface area contributed by atoms with E-state index in [0.717, 1.165) is 0 Å². The topological polar surface area (TPSA) is 117 Å². The lowest BCUT2D eigenvalue weighted by atomic mass is 10.4. The largest absolute Gasteiger partial charge is 0.498 e. The van der Waals surface area contributed by atoms with Crippen LogP contribution in [0.2, 0.25) is 0 Å². The summed E-state index contributed by atoms with van der Waals surface area (Å²) in [7, 11) is 1.92. The van der Waals surface area contributed by atoms with Crippen LogP contribution in [0, 0.1) is 22.7 Å². The normalized spacial score (nSPS) is 11.8. The van der Waals surface area contributed by atoms with Crippen LogP contribution < -0.4 is 5.32 Å². The van der Waals surface area contributed by atoms with Crippen molar-refractivity contribution in [1.82, 2.24) is 10.2 Å². The molecule has 0 spiro atoms. The molecule has 1 N–H and O–H groups in total. The summed E-state index contributed by atoms with van der Waals surface area (Å²) in [6.07, 6.45) is 19.1. The van der Waals surface area contributed by atoms with Gasteiger partial charge in [-0.25, -0.2) is 0 Å². The Balaban J connectivity index is 3.84. The highest BCUT2D eigenvalue weighted by molar-refractivity contribution is 5.71. The molecule has 0 aliphatic rings. The van der Waals surface area contributed by atoms with Gasteiger partial charge in [0.15, 0.2) is 0 Å². The van der Waals surface area contributed by atoms with Crippen LogP contribution in [0.25, 0.3) is 0 Å². The van der Waals surface area contributed by atoms with Gasteiger partial charge in [-0.1, -0.05) is 18.7 Å². The average molecular weight is 469 g/mol. The number of ether oxygens (including phenoxy) is 4. The molecule has 0 rings (SSSR count). The first-order valence-corrected chi connectivity index (χ1v) is 10.5. The molecule has 0 aliphatic carbocycles. The second kappa shape index (κ2) is 23.5. The van der Waals surface area contributed by atoms with Crippen molar-refractivity contribution in [2.24, 2.45) is 0 Å². The van der Waals surface area contributed by atoms with E-state index in [1.807, 2.05) is 30.3 Å². The Hall–Kier alpha value is -4.21. The molecule has 0 bridgehead atoms. The van der Waals surface area contributed by atoms with E-state index in [0.29, 0.717) is 32.1 Å². The first-order chi connectivity index (χ1) is 16.6. The minimum absolute atomic E-state index is 0.0217. The van der Waals surface area contributed by atoms with Crippen molar-refractivity contribution in [3.8, 4) is 12.1 Å². The van der Waals surface area contributed by atoms with E-state index in [1.54, 1.807) is 48.7 Å². The number of nitriles is 2. The van der Waals surface area contributed by atoms with E-state index in [2.05, 4.69) is 11.9 Å². The van der Waals surface area contributed by atoms with Crippen molar-refractivity contribution in [3.63, 3.8) is 0 Å². The van der Waals surface area contributed by atoms with Gasteiger partial charge in [0, 0.05) is 25.7 Å². The second-order valence-corrected chi connectivity index (χ2v) is 6.19. The van der Waals surface area contributed by atoms with Crippen LogP contribution >= 0.6 is 0 Å². The zero-order valence-corrected chi connectivity index (χ0v) is 19.5. The standard InChI is InChI=1S/C25H32N4O5/c1-3-24(33-21-19-32-18-16-29(2)15-9-5-7-13-27)11-10-17-31-20-22-34-25(30)23-28-14-8-4-6-12-26/h3-11,14-15,17,28H,1,16,18-23H2,2H3/b6-4+,7-5+,14-8+,15-9+,17-10+,24-11+. The molecule has 0 saturated heterocycles. The molecular formula is C25H32N4O5. The van der Waals surface area contributed by atoms with Crippen LogP contribution in [-0.4, -0.2) is 64.0 Å². The monoisotopic (exact) mass is 468 g/mol. The highest BCUT2D eigenvalue weighted by Gasteiger charge is 1.99. The number of esters is 1. The fourth-order valence-corrected chi connectivity index (χ4v) is 1.95. The summed E-state index contributed by atoms with van der Waals surface area (Å²) in [4.78, 5) is 13.4. The summed E-state index contributed by atoms with van der Waals surface area (Å²) in [6.45, 7) is 6.13. The van der Waals surface area contributed by atoms with E-state index in [9.17, 15) is 4.79 Å². The van der Waals surface area contributed by atoms with E-state index in [4.69, 9.17) is 29.5 Å². The number of allylic oxidation sites excluding steroid dienone is 9. The lowest BCUT2D eigenvalue weighted by Gasteiger charge is -2.13. The van der Waals surface area contributed by atoms with Crippen molar-refractivity contribution in [2.45, 2.75) is 0 Å². The van der Waals surface area contributed by atoms with E-state index >= 15 is 0 Å². The van der Waals surface area contributed by atoms with Gasteiger partial charge in [-0.2, -0.15) is 10.5 Å². The number of carbonyl (C=O) groups excluding carboxylic acids is 1. The molecule has 0 amide bonds. The molecule has 0 aromatic rings. The zero-order chi connectivity index (χ0) is 25.1. The molecule has 0 aromatic heterocycles. The third kappa shape index (κ3) is 21.0. The quantitative estimate of drug-likeness (QED) is 0.100. The zero-order valence-electron chi connectivity index (χ0n) is 19.5. The summed E-state index contributed by atoms with van der Waals surface area (Å²) in [6, 6.07) is 3.77. The molecule has 0 radical (unpaired) electrons. The number of nitrogens with one attached hydrogen (secondary N) is 1. The van der Waals surface area contributed by atoms with Crippen molar-refractivity contribution in [1.29, 1.82) is 10.5 Å². The molecule has 182 valence electrons. The molecule has 0 atom stereocenters. The second-order valence-electron chi connectivity index (χ2n) is 6.19. The number of carbonyl (C=O) groups is 1. The first kappa shape index (κ1) is 29.8.